The number of morpholine rings is 1. The zero-order chi connectivity index (χ0) is 16.2. The molecule has 1 saturated heterocycles. The van der Waals surface area contributed by atoms with Crippen LogP contribution in [0.2, 0.25) is 0 Å². The second-order valence-corrected chi connectivity index (χ2v) is 6.60. The molecule has 1 aromatic carbocycles. The fourth-order valence-electron chi connectivity index (χ4n) is 2.77. The lowest BCUT2D eigenvalue weighted by molar-refractivity contribution is -0.0586. The molecule has 3 rings (SSSR count). The van der Waals surface area contributed by atoms with Gasteiger partial charge in [-0.25, -0.2) is 4.98 Å². The predicted octanol–water partition coefficient (Wildman–Crippen LogP) is 3.00. The van der Waals surface area contributed by atoms with E-state index < -0.39 is 0 Å². The molecule has 0 spiro atoms. The van der Waals surface area contributed by atoms with Crippen LogP contribution < -0.4 is 5.32 Å². The quantitative estimate of drug-likeness (QED) is 0.936. The molecule has 1 amide bonds. The topological polar surface area (TPSA) is 54.5 Å². The van der Waals surface area contributed by atoms with Gasteiger partial charge < -0.3 is 15.0 Å². The van der Waals surface area contributed by atoms with Gasteiger partial charge in [-0.15, -0.1) is 11.3 Å². The zero-order valence-corrected chi connectivity index (χ0v) is 14.2. The molecule has 23 heavy (non-hydrogen) atoms. The van der Waals surface area contributed by atoms with Crippen molar-refractivity contribution in [1.29, 1.82) is 0 Å². The van der Waals surface area contributed by atoms with E-state index >= 15 is 0 Å². The first kappa shape index (κ1) is 16.0. The van der Waals surface area contributed by atoms with Gasteiger partial charge in [-0.05, 0) is 38.1 Å². The van der Waals surface area contributed by atoms with Gasteiger partial charge in [-0.1, -0.05) is 0 Å². The summed E-state index contributed by atoms with van der Waals surface area (Å²) in [6.07, 6.45) is 0.170. The molecule has 0 aliphatic carbocycles. The number of aromatic nitrogens is 1. The standard InChI is InChI=1S/C17H21N3O2S/c1-12-8-20(9-13(2)22-12)17(21)14-3-5-15(6-4-14)18-7-16-10-23-11-19-16/h3-6,10-13,18H,7-9H2,1-2H3/t12-,13-/m1/s1. The number of carbonyl (C=O) groups excluding carboxylic acids is 1. The van der Waals surface area contributed by atoms with Gasteiger partial charge in [0.15, 0.2) is 0 Å². The van der Waals surface area contributed by atoms with Gasteiger partial charge in [0, 0.05) is 29.7 Å². The van der Waals surface area contributed by atoms with Crippen LogP contribution in [0.5, 0.6) is 0 Å². The highest BCUT2D eigenvalue weighted by Crippen LogP contribution is 2.17. The summed E-state index contributed by atoms with van der Waals surface area (Å²) in [5.41, 5.74) is 4.54. The van der Waals surface area contributed by atoms with Gasteiger partial charge in [0.05, 0.1) is 30.0 Å². The van der Waals surface area contributed by atoms with Gasteiger partial charge in [0.25, 0.3) is 5.91 Å². The van der Waals surface area contributed by atoms with Crippen LogP contribution in [0, 0.1) is 0 Å². The first-order valence-corrected chi connectivity index (χ1v) is 8.72. The Morgan fingerprint density at radius 1 is 1.30 bits per heavy atom. The number of nitrogens with zero attached hydrogens (tertiary/aromatic N) is 2. The lowest BCUT2D eigenvalue weighted by Crippen LogP contribution is -2.48. The molecule has 0 radical (unpaired) electrons. The number of carbonyl (C=O) groups is 1. The molecule has 5 nitrogen and oxygen atoms in total. The molecule has 122 valence electrons. The Bertz CT molecular complexity index is 632. The highest BCUT2D eigenvalue weighted by Gasteiger charge is 2.26. The second kappa shape index (κ2) is 7.10. The van der Waals surface area contributed by atoms with E-state index in [1.54, 1.807) is 11.3 Å². The van der Waals surface area contributed by atoms with Crippen molar-refractivity contribution in [2.24, 2.45) is 0 Å². The third-order valence-corrected chi connectivity index (χ3v) is 4.43. The van der Waals surface area contributed by atoms with Gasteiger partial charge in [0.2, 0.25) is 0 Å². The minimum absolute atomic E-state index is 0.0676. The summed E-state index contributed by atoms with van der Waals surface area (Å²) in [5, 5.41) is 5.33. The maximum Gasteiger partial charge on any atom is 0.254 e. The summed E-state index contributed by atoms with van der Waals surface area (Å²) >= 11 is 1.59. The van der Waals surface area contributed by atoms with Crippen molar-refractivity contribution in [2.75, 3.05) is 18.4 Å². The maximum absolute atomic E-state index is 12.6. The summed E-state index contributed by atoms with van der Waals surface area (Å²) in [6.45, 7) is 5.98. The number of hydrogen-bond donors (Lipinski definition) is 1. The zero-order valence-electron chi connectivity index (χ0n) is 13.4. The number of amides is 1. The average Bonchev–Trinajstić information content (AvgIpc) is 3.05. The minimum Gasteiger partial charge on any atom is -0.379 e. The van der Waals surface area contributed by atoms with E-state index in [4.69, 9.17) is 4.74 Å². The number of hydrogen-bond acceptors (Lipinski definition) is 5. The lowest BCUT2D eigenvalue weighted by atomic mass is 10.1. The van der Waals surface area contributed by atoms with Gasteiger partial charge in [0.1, 0.15) is 0 Å². The van der Waals surface area contributed by atoms with Crippen LogP contribution in [0.3, 0.4) is 0 Å². The van der Waals surface area contributed by atoms with Crippen LogP contribution in [-0.4, -0.2) is 41.1 Å². The van der Waals surface area contributed by atoms with Crippen LogP contribution >= 0.6 is 11.3 Å². The number of benzene rings is 1. The molecular formula is C17H21N3O2S. The largest absolute Gasteiger partial charge is 0.379 e. The van der Waals surface area contributed by atoms with Crippen LogP contribution in [-0.2, 0) is 11.3 Å². The highest BCUT2D eigenvalue weighted by atomic mass is 32.1. The Kier molecular flexibility index (Phi) is 4.93. The van der Waals surface area contributed by atoms with E-state index in [9.17, 15) is 4.79 Å². The molecule has 1 aliphatic rings. The van der Waals surface area contributed by atoms with Crippen molar-refractivity contribution in [3.05, 3.63) is 46.4 Å². The minimum atomic E-state index is 0.0676. The Morgan fingerprint density at radius 3 is 2.61 bits per heavy atom. The first-order chi connectivity index (χ1) is 11.1. The van der Waals surface area contributed by atoms with Crippen molar-refractivity contribution in [1.82, 2.24) is 9.88 Å². The van der Waals surface area contributed by atoms with E-state index in [1.165, 1.54) is 0 Å². The normalized spacial score (nSPS) is 21.2. The van der Waals surface area contributed by atoms with Gasteiger partial charge in [-0.2, -0.15) is 0 Å². The second-order valence-electron chi connectivity index (χ2n) is 5.88. The van der Waals surface area contributed by atoms with E-state index in [2.05, 4.69) is 10.3 Å². The van der Waals surface area contributed by atoms with Crippen molar-refractivity contribution >= 4 is 22.9 Å². The number of nitrogens with one attached hydrogen (secondary N) is 1. The number of anilines is 1. The average molecular weight is 331 g/mol. The molecule has 2 aromatic rings. The molecule has 1 fully saturated rings. The number of thiazole rings is 1. The molecule has 1 N–H and O–H groups in total. The first-order valence-electron chi connectivity index (χ1n) is 7.77. The van der Waals surface area contributed by atoms with Crippen LogP contribution in [0.4, 0.5) is 5.69 Å². The number of ether oxygens (including phenoxy) is 1. The summed E-state index contributed by atoms with van der Waals surface area (Å²) < 4.78 is 5.68. The monoisotopic (exact) mass is 331 g/mol. The molecule has 1 aliphatic heterocycles. The molecule has 0 saturated carbocycles. The Hall–Kier alpha value is -1.92. The third-order valence-electron chi connectivity index (χ3n) is 3.80. The molecule has 6 heteroatoms. The molecule has 0 bridgehead atoms. The SMILES string of the molecule is C[C@@H]1CN(C(=O)c2ccc(NCc3cscn3)cc2)C[C@@H](C)O1. The van der Waals surface area contributed by atoms with Crippen molar-refractivity contribution in [3.63, 3.8) is 0 Å². The van der Waals surface area contributed by atoms with Crippen molar-refractivity contribution < 1.29 is 9.53 Å². The van der Waals surface area contributed by atoms with E-state index in [0.717, 1.165) is 11.4 Å². The fraction of sp³-hybridized carbons (Fsp3) is 0.412. The van der Waals surface area contributed by atoms with Gasteiger partial charge >= 0.3 is 0 Å². The van der Waals surface area contributed by atoms with Crippen molar-refractivity contribution in [2.45, 2.75) is 32.6 Å². The van der Waals surface area contributed by atoms with Crippen LogP contribution in [0.25, 0.3) is 0 Å². The highest BCUT2D eigenvalue weighted by molar-refractivity contribution is 7.07. The molecule has 0 unspecified atom stereocenters. The smallest absolute Gasteiger partial charge is 0.254 e. The number of rotatable bonds is 4. The maximum atomic E-state index is 12.6. The van der Waals surface area contributed by atoms with Crippen LogP contribution in [0.1, 0.15) is 29.9 Å². The Labute approximate surface area is 140 Å². The van der Waals surface area contributed by atoms with Crippen molar-refractivity contribution in [3.8, 4) is 0 Å². The third kappa shape index (κ3) is 4.09. The summed E-state index contributed by atoms with van der Waals surface area (Å²) in [7, 11) is 0. The summed E-state index contributed by atoms with van der Waals surface area (Å²) in [6, 6.07) is 7.62. The lowest BCUT2D eigenvalue weighted by Gasteiger charge is -2.35. The van der Waals surface area contributed by atoms with E-state index in [0.29, 0.717) is 25.2 Å². The molecule has 1 aromatic heterocycles. The summed E-state index contributed by atoms with van der Waals surface area (Å²) in [5.74, 6) is 0.0676. The van der Waals surface area contributed by atoms with E-state index in [-0.39, 0.29) is 18.1 Å². The molecule has 2 heterocycles. The predicted molar refractivity (Wildman–Crippen MR) is 91.8 cm³/mol. The van der Waals surface area contributed by atoms with Crippen LogP contribution in [0.15, 0.2) is 35.2 Å². The van der Waals surface area contributed by atoms with Gasteiger partial charge in [-0.3, -0.25) is 4.79 Å². The molecule has 2 atom stereocenters. The Morgan fingerprint density at radius 2 is 2.00 bits per heavy atom. The Balaban J connectivity index is 1.61. The van der Waals surface area contributed by atoms with E-state index in [1.807, 2.05) is 53.9 Å². The molecular weight excluding hydrogens is 310 g/mol. The summed E-state index contributed by atoms with van der Waals surface area (Å²) in [4.78, 5) is 18.7. The fourth-order valence-corrected chi connectivity index (χ4v) is 3.33.